The lowest BCUT2D eigenvalue weighted by atomic mass is 10.1. The van der Waals surface area contributed by atoms with Gasteiger partial charge in [-0.05, 0) is 43.2 Å². The number of carbonyl (C=O) groups excluding carboxylic acids is 2. The van der Waals surface area contributed by atoms with E-state index >= 15 is 0 Å². The zero-order valence-corrected chi connectivity index (χ0v) is 19.9. The molecule has 4 rings (SSSR count). The van der Waals surface area contributed by atoms with Crippen LogP contribution in [0.3, 0.4) is 0 Å². The SMILES string of the molecule is Cn1nc(-c2ccc(NC(=O)C3=CCCC=C3Cl)cc2)cc1NC(=O)c1cccc(C#CCN)c1. The summed E-state index contributed by atoms with van der Waals surface area (Å²) in [4.78, 5) is 25.3. The van der Waals surface area contributed by atoms with Crippen molar-refractivity contribution in [1.29, 1.82) is 0 Å². The van der Waals surface area contributed by atoms with Crippen LogP contribution < -0.4 is 16.4 Å². The van der Waals surface area contributed by atoms with Crippen molar-refractivity contribution in [2.45, 2.75) is 12.8 Å². The lowest BCUT2D eigenvalue weighted by molar-refractivity contribution is -0.112. The Morgan fingerprint density at radius 1 is 1.06 bits per heavy atom. The molecule has 8 heteroatoms. The van der Waals surface area contributed by atoms with Gasteiger partial charge in [-0.2, -0.15) is 5.10 Å². The van der Waals surface area contributed by atoms with Crippen LogP contribution in [0.2, 0.25) is 0 Å². The Bertz CT molecular complexity index is 1390. The third kappa shape index (κ3) is 5.87. The molecule has 4 N–H and O–H groups in total. The van der Waals surface area contributed by atoms with Gasteiger partial charge >= 0.3 is 0 Å². The van der Waals surface area contributed by atoms with Gasteiger partial charge in [-0.1, -0.05) is 53.8 Å². The first-order valence-corrected chi connectivity index (χ1v) is 11.4. The van der Waals surface area contributed by atoms with Crippen LogP contribution >= 0.6 is 11.6 Å². The van der Waals surface area contributed by atoms with Gasteiger partial charge < -0.3 is 16.4 Å². The summed E-state index contributed by atoms with van der Waals surface area (Å²) in [5, 5.41) is 10.7. The van der Waals surface area contributed by atoms with Gasteiger partial charge in [0.05, 0.1) is 17.8 Å². The predicted molar refractivity (Wildman–Crippen MR) is 139 cm³/mol. The molecule has 1 heterocycles. The molecule has 35 heavy (non-hydrogen) atoms. The molecule has 0 radical (unpaired) electrons. The summed E-state index contributed by atoms with van der Waals surface area (Å²) in [6.45, 7) is 0.255. The van der Waals surface area contributed by atoms with E-state index in [0.29, 0.717) is 33.4 Å². The fraction of sp³-hybridized carbons (Fsp3) is 0.148. The summed E-state index contributed by atoms with van der Waals surface area (Å²) < 4.78 is 1.60. The number of aryl methyl sites for hydroxylation is 1. The monoisotopic (exact) mass is 485 g/mol. The highest BCUT2D eigenvalue weighted by atomic mass is 35.5. The van der Waals surface area contributed by atoms with Gasteiger partial charge in [0.1, 0.15) is 5.82 Å². The van der Waals surface area contributed by atoms with E-state index in [1.165, 1.54) is 0 Å². The highest BCUT2D eigenvalue weighted by Crippen LogP contribution is 2.26. The van der Waals surface area contributed by atoms with Crippen LogP contribution in [0.1, 0.15) is 28.8 Å². The number of hydrogen-bond donors (Lipinski definition) is 3. The molecular formula is C27H24ClN5O2. The Labute approximate surface area is 208 Å². The number of rotatable bonds is 5. The molecule has 1 aromatic heterocycles. The normalized spacial score (nSPS) is 12.7. The van der Waals surface area contributed by atoms with Crippen molar-refractivity contribution in [3.63, 3.8) is 0 Å². The number of benzene rings is 2. The van der Waals surface area contributed by atoms with Gasteiger partial charge in [-0.3, -0.25) is 14.3 Å². The molecule has 1 aliphatic carbocycles. The third-order valence-electron chi connectivity index (χ3n) is 5.36. The van der Waals surface area contributed by atoms with Crippen LogP contribution in [0.15, 0.2) is 77.4 Å². The summed E-state index contributed by atoms with van der Waals surface area (Å²) in [6, 6.07) is 16.1. The zero-order valence-electron chi connectivity index (χ0n) is 19.1. The fourth-order valence-electron chi connectivity index (χ4n) is 3.57. The van der Waals surface area contributed by atoms with Gasteiger partial charge in [0.15, 0.2) is 0 Å². The van der Waals surface area contributed by atoms with Crippen LogP contribution in [0, 0.1) is 11.8 Å². The van der Waals surface area contributed by atoms with Gasteiger partial charge in [0.2, 0.25) is 0 Å². The maximum Gasteiger partial charge on any atom is 0.256 e. The first-order chi connectivity index (χ1) is 16.9. The summed E-state index contributed by atoms with van der Waals surface area (Å²) in [5.74, 6) is 5.75. The molecule has 7 nitrogen and oxygen atoms in total. The van der Waals surface area contributed by atoms with Crippen LogP contribution in [-0.2, 0) is 11.8 Å². The molecule has 0 unspecified atom stereocenters. The smallest absolute Gasteiger partial charge is 0.256 e. The summed E-state index contributed by atoms with van der Waals surface area (Å²) in [6.07, 6.45) is 5.33. The van der Waals surface area contributed by atoms with Crippen molar-refractivity contribution in [1.82, 2.24) is 9.78 Å². The van der Waals surface area contributed by atoms with Crippen molar-refractivity contribution in [2.24, 2.45) is 12.8 Å². The van der Waals surface area contributed by atoms with E-state index in [9.17, 15) is 9.59 Å². The first-order valence-electron chi connectivity index (χ1n) is 11.1. The number of carbonyl (C=O) groups is 2. The van der Waals surface area contributed by atoms with E-state index in [1.54, 1.807) is 48.1 Å². The van der Waals surface area contributed by atoms with E-state index in [1.807, 2.05) is 30.4 Å². The number of aromatic nitrogens is 2. The highest BCUT2D eigenvalue weighted by molar-refractivity contribution is 6.36. The second kappa shape index (κ2) is 10.9. The number of halogens is 1. The van der Waals surface area contributed by atoms with Crippen LogP contribution in [0.5, 0.6) is 0 Å². The fourth-order valence-corrected chi connectivity index (χ4v) is 3.85. The molecule has 2 aromatic carbocycles. The predicted octanol–water partition coefficient (Wildman–Crippen LogP) is 4.43. The van der Waals surface area contributed by atoms with Crippen LogP contribution in [-0.4, -0.2) is 28.1 Å². The van der Waals surface area contributed by atoms with Gasteiger partial charge in [0, 0.05) is 40.5 Å². The quantitative estimate of drug-likeness (QED) is 0.465. The van der Waals surface area contributed by atoms with Crippen molar-refractivity contribution in [3.05, 3.63) is 88.5 Å². The van der Waals surface area contributed by atoms with E-state index in [2.05, 4.69) is 27.6 Å². The number of nitrogens with zero attached hydrogens (tertiary/aromatic N) is 2. The maximum atomic E-state index is 12.8. The molecule has 0 spiro atoms. The highest BCUT2D eigenvalue weighted by Gasteiger charge is 2.16. The Morgan fingerprint density at radius 2 is 1.83 bits per heavy atom. The van der Waals surface area contributed by atoms with Crippen molar-refractivity contribution < 1.29 is 9.59 Å². The third-order valence-corrected chi connectivity index (χ3v) is 5.72. The average Bonchev–Trinajstić information content (AvgIpc) is 3.23. The summed E-state index contributed by atoms with van der Waals surface area (Å²) >= 11 is 6.15. The molecule has 0 atom stereocenters. The molecule has 176 valence electrons. The molecular weight excluding hydrogens is 462 g/mol. The summed E-state index contributed by atoms with van der Waals surface area (Å²) in [7, 11) is 1.76. The number of amides is 2. The molecule has 0 bridgehead atoms. The molecule has 1 aliphatic rings. The van der Waals surface area contributed by atoms with E-state index in [-0.39, 0.29) is 18.4 Å². The second-order valence-electron chi connectivity index (χ2n) is 7.86. The Balaban J connectivity index is 1.44. The lowest BCUT2D eigenvalue weighted by Gasteiger charge is -2.11. The standard InChI is InChI=1S/C27H24ClN5O2/c1-33-25(31-26(34)20-8-4-6-18(16-20)7-5-15-29)17-24(32-33)19-11-13-21(14-12-19)30-27(35)22-9-2-3-10-23(22)28/h4,6,8-14,16-17H,2-3,15,29H2,1H3,(H,30,35)(H,31,34). The van der Waals surface area contributed by atoms with E-state index < -0.39 is 0 Å². The number of nitrogens with two attached hydrogens (primary N) is 1. The molecule has 0 aliphatic heterocycles. The topological polar surface area (TPSA) is 102 Å². The van der Waals surface area contributed by atoms with Gasteiger partial charge in [-0.25, -0.2) is 0 Å². The number of nitrogens with one attached hydrogen (secondary N) is 2. The molecule has 0 saturated heterocycles. The zero-order chi connectivity index (χ0) is 24.8. The molecule has 0 fully saturated rings. The van der Waals surface area contributed by atoms with Crippen molar-refractivity contribution in [2.75, 3.05) is 17.2 Å². The van der Waals surface area contributed by atoms with Gasteiger partial charge in [-0.15, -0.1) is 0 Å². The van der Waals surface area contributed by atoms with Crippen LogP contribution in [0.4, 0.5) is 11.5 Å². The van der Waals surface area contributed by atoms with Crippen molar-refractivity contribution >= 4 is 34.9 Å². The first kappa shape index (κ1) is 24.0. The van der Waals surface area contributed by atoms with Crippen LogP contribution in [0.25, 0.3) is 11.3 Å². The lowest BCUT2D eigenvalue weighted by Crippen LogP contribution is -2.15. The Morgan fingerprint density at radius 3 is 2.57 bits per heavy atom. The molecule has 3 aromatic rings. The minimum atomic E-state index is -0.265. The number of anilines is 2. The minimum Gasteiger partial charge on any atom is -0.322 e. The Kier molecular flexibility index (Phi) is 7.46. The van der Waals surface area contributed by atoms with Gasteiger partial charge in [0.25, 0.3) is 11.8 Å². The van der Waals surface area contributed by atoms with E-state index in [4.69, 9.17) is 17.3 Å². The molecule has 2 amide bonds. The number of allylic oxidation sites excluding steroid dienone is 2. The summed E-state index contributed by atoms with van der Waals surface area (Å²) in [5.41, 5.74) is 9.29. The van der Waals surface area contributed by atoms with E-state index in [0.717, 1.165) is 24.0 Å². The average molecular weight is 486 g/mol. The second-order valence-corrected chi connectivity index (χ2v) is 8.27. The Hall–Kier alpha value is -4.12. The minimum absolute atomic E-state index is 0.236. The molecule has 0 saturated carbocycles. The van der Waals surface area contributed by atoms with Crippen molar-refractivity contribution in [3.8, 4) is 23.1 Å². The maximum absolute atomic E-state index is 12.8. The number of hydrogen-bond acceptors (Lipinski definition) is 4. The largest absolute Gasteiger partial charge is 0.322 e.